The number of aromatic amines is 1. The fourth-order valence-corrected chi connectivity index (χ4v) is 5.65. The van der Waals surface area contributed by atoms with Gasteiger partial charge in [-0.3, -0.25) is 9.59 Å². The normalized spacial score (nSPS) is 16.0. The first-order chi connectivity index (χ1) is 18.7. The van der Waals surface area contributed by atoms with Gasteiger partial charge in [0.05, 0.1) is 11.1 Å². The Labute approximate surface area is 243 Å². The predicted octanol–water partition coefficient (Wildman–Crippen LogP) is 7.25. The lowest BCUT2D eigenvalue weighted by molar-refractivity contribution is -0.240. The molecule has 0 saturated carbocycles. The van der Waals surface area contributed by atoms with Gasteiger partial charge in [-0.2, -0.15) is 0 Å². The summed E-state index contributed by atoms with van der Waals surface area (Å²) in [6, 6.07) is 19.3. The van der Waals surface area contributed by atoms with Gasteiger partial charge in [0.15, 0.2) is 17.4 Å². The third kappa shape index (κ3) is 5.70. The number of carbonyl (C=O) groups is 2. The van der Waals surface area contributed by atoms with Gasteiger partial charge >= 0.3 is 11.9 Å². The lowest BCUT2D eigenvalue weighted by Crippen LogP contribution is -2.48. The van der Waals surface area contributed by atoms with E-state index in [1.165, 1.54) is 0 Å². The number of esters is 2. The van der Waals surface area contributed by atoms with Crippen molar-refractivity contribution in [2.45, 2.75) is 39.1 Å². The third-order valence-corrected chi connectivity index (χ3v) is 7.60. The summed E-state index contributed by atoms with van der Waals surface area (Å²) >= 11 is 7.10. The van der Waals surface area contributed by atoms with Crippen molar-refractivity contribution in [1.82, 2.24) is 4.98 Å². The summed E-state index contributed by atoms with van der Waals surface area (Å²) in [6.07, 6.45) is 1.82. The molecule has 1 N–H and O–H groups in total. The molecule has 2 heterocycles. The highest BCUT2D eigenvalue weighted by molar-refractivity contribution is 9.10. The molecular weight excluding hydrogens is 630 g/mol. The van der Waals surface area contributed by atoms with Crippen molar-refractivity contribution in [2.24, 2.45) is 5.92 Å². The minimum absolute atomic E-state index is 0.327. The predicted molar refractivity (Wildman–Crippen MR) is 154 cm³/mol. The number of carbonyl (C=O) groups excluding carboxylic acids is 2. The number of benzene rings is 3. The minimum atomic E-state index is -1.34. The maximum absolute atomic E-state index is 13.3. The monoisotopic (exact) mass is 655 g/mol. The van der Waals surface area contributed by atoms with Crippen LogP contribution in [0.4, 0.5) is 0 Å². The van der Waals surface area contributed by atoms with E-state index in [2.05, 4.69) is 36.8 Å². The first-order valence-corrected chi connectivity index (χ1v) is 14.1. The lowest BCUT2D eigenvalue weighted by atomic mass is 9.80. The summed E-state index contributed by atoms with van der Waals surface area (Å²) in [5.41, 5.74) is 3.31. The van der Waals surface area contributed by atoms with E-state index in [0.717, 1.165) is 26.5 Å². The number of hydrogen-bond acceptors (Lipinski definition) is 6. The molecule has 9 heteroatoms. The first kappa shape index (κ1) is 27.3. The van der Waals surface area contributed by atoms with E-state index in [9.17, 15) is 9.59 Å². The minimum Gasteiger partial charge on any atom is -0.490 e. The number of rotatable bonds is 8. The lowest BCUT2D eigenvalue weighted by Gasteiger charge is -2.36. The number of cyclic esters (lactones) is 2. The molecule has 0 spiro atoms. The van der Waals surface area contributed by atoms with Crippen LogP contribution in [0.3, 0.4) is 0 Å². The molecule has 0 radical (unpaired) electrons. The van der Waals surface area contributed by atoms with Gasteiger partial charge in [-0.25, -0.2) is 0 Å². The SMILES string of the molecule is CCOc1cc([C@@H](c2c[nH]c3ccccc23)C2C(=O)OC(C)(C)OC2=O)cc(Br)c1OCc1ccc(Br)cc1. The maximum atomic E-state index is 13.3. The van der Waals surface area contributed by atoms with Crippen LogP contribution < -0.4 is 9.47 Å². The second-order valence-corrected chi connectivity index (χ2v) is 11.4. The van der Waals surface area contributed by atoms with Gasteiger partial charge in [0.1, 0.15) is 6.61 Å². The Kier molecular flexibility index (Phi) is 7.73. The molecule has 1 aliphatic rings. The molecule has 0 aliphatic carbocycles. The molecule has 7 nitrogen and oxygen atoms in total. The quantitative estimate of drug-likeness (QED) is 0.159. The topological polar surface area (TPSA) is 86.9 Å². The highest BCUT2D eigenvalue weighted by Gasteiger charge is 2.49. The van der Waals surface area contributed by atoms with Gasteiger partial charge in [-0.05, 0) is 69.9 Å². The van der Waals surface area contributed by atoms with Crippen LogP contribution in [0.15, 0.2) is 75.8 Å². The summed E-state index contributed by atoms with van der Waals surface area (Å²) in [5.74, 6) is -3.54. The second-order valence-electron chi connectivity index (χ2n) is 9.67. The molecule has 4 aromatic rings. The zero-order valence-electron chi connectivity index (χ0n) is 21.6. The zero-order chi connectivity index (χ0) is 27.7. The van der Waals surface area contributed by atoms with Crippen LogP contribution in [0.5, 0.6) is 11.5 Å². The van der Waals surface area contributed by atoms with Crippen molar-refractivity contribution in [3.05, 3.63) is 92.5 Å². The molecule has 0 bridgehead atoms. The Balaban J connectivity index is 1.60. The van der Waals surface area contributed by atoms with E-state index in [0.29, 0.717) is 34.7 Å². The van der Waals surface area contributed by atoms with Crippen molar-refractivity contribution >= 4 is 54.7 Å². The summed E-state index contributed by atoms with van der Waals surface area (Å²) in [5, 5.41) is 0.887. The summed E-state index contributed by atoms with van der Waals surface area (Å²) in [6.45, 7) is 5.69. The van der Waals surface area contributed by atoms with Gasteiger partial charge in [-0.15, -0.1) is 0 Å². The Hall–Kier alpha value is -3.30. The molecule has 202 valence electrons. The molecule has 1 saturated heterocycles. The molecule has 1 aliphatic heterocycles. The van der Waals surface area contributed by atoms with Crippen LogP contribution in [0, 0.1) is 5.92 Å². The van der Waals surface area contributed by atoms with E-state index in [1.54, 1.807) is 13.8 Å². The van der Waals surface area contributed by atoms with Gasteiger partial charge in [0, 0.05) is 41.3 Å². The zero-order valence-corrected chi connectivity index (χ0v) is 24.8. The molecule has 39 heavy (non-hydrogen) atoms. The van der Waals surface area contributed by atoms with Crippen LogP contribution in [0.2, 0.25) is 0 Å². The van der Waals surface area contributed by atoms with E-state index in [4.69, 9.17) is 18.9 Å². The van der Waals surface area contributed by atoms with Crippen molar-refractivity contribution < 1.29 is 28.5 Å². The molecule has 1 atom stereocenters. The fraction of sp³-hybridized carbons (Fsp3) is 0.267. The molecule has 1 aromatic heterocycles. The standard InChI is InChI=1S/C30H27Br2NO6/c1-4-36-24-14-18(13-22(32)27(24)37-16-17-9-11-19(31)12-10-17)25(21-15-33-23-8-6-5-7-20(21)23)26-28(34)38-30(2,3)39-29(26)35/h5-15,25-26,33H,4,16H2,1-3H3/t25-/m0/s1. The highest BCUT2D eigenvalue weighted by Crippen LogP contribution is 2.45. The Morgan fingerprint density at radius 2 is 1.67 bits per heavy atom. The summed E-state index contributed by atoms with van der Waals surface area (Å²) in [7, 11) is 0. The first-order valence-electron chi connectivity index (χ1n) is 12.5. The van der Waals surface area contributed by atoms with Gasteiger partial charge < -0.3 is 23.9 Å². The molecule has 5 rings (SSSR count). The number of halogens is 2. The smallest absolute Gasteiger partial charge is 0.324 e. The van der Waals surface area contributed by atoms with Crippen molar-refractivity contribution in [1.29, 1.82) is 0 Å². The number of hydrogen-bond donors (Lipinski definition) is 1. The van der Waals surface area contributed by atoms with E-state index in [-0.39, 0.29) is 0 Å². The van der Waals surface area contributed by atoms with Crippen molar-refractivity contribution in [2.75, 3.05) is 6.61 Å². The third-order valence-electron chi connectivity index (χ3n) is 6.48. The molecule has 3 aromatic carbocycles. The maximum Gasteiger partial charge on any atom is 0.324 e. The highest BCUT2D eigenvalue weighted by atomic mass is 79.9. The van der Waals surface area contributed by atoms with Crippen LogP contribution in [0.1, 0.15) is 43.4 Å². The van der Waals surface area contributed by atoms with Crippen LogP contribution in [0.25, 0.3) is 10.9 Å². The number of H-pyrrole nitrogens is 1. The fourth-order valence-electron chi connectivity index (χ4n) is 4.81. The average Bonchev–Trinajstić information content (AvgIpc) is 3.30. The number of fused-ring (bicyclic) bond motifs is 1. The van der Waals surface area contributed by atoms with Crippen LogP contribution in [-0.4, -0.2) is 29.3 Å². The molecular formula is C30H27Br2NO6. The Morgan fingerprint density at radius 3 is 2.36 bits per heavy atom. The second kappa shape index (κ2) is 11.1. The van der Waals surface area contributed by atoms with Crippen LogP contribution >= 0.6 is 31.9 Å². The van der Waals surface area contributed by atoms with Crippen molar-refractivity contribution in [3.63, 3.8) is 0 Å². The molecule has 0 amide bonds. The number of ether oxygens (including phenoxy) is 4. The Morgan fingerprint density at radius 1 is 0.974 bits per heavy atom. The molecule has 1 fully saturated rings. The summed E-state index contributed by atoms with van der Waals surface area (Å²) < 4.78 is 24.9. The number of nitrogens with one attached hydrogen (secondary N) is 1. The number of aromatic nitrogens is 1. The van der Waals surface area contributed by atoms with Gasteiger partial charge in [0.2, 0.25) is 0 Å². The van der Waals surface area contributed by atoms with Gasteiger partial charge in [-0.1, -0.05) is 46.3 Å². The van der Waals surface area contributed by atoms with Gasteiger partial charge in [0.25, 0.3) is 5.79 Å². The Bertz CT molecular complexity index is 1510. The van der Waals surface area contributed by atoms with E-state index < -0.39 is 29.6 Å². The largest absolute Gasteiger partial charge is 0.490 e. The van der Waals surface area contributed by atoms with Crippen molar-refractivity contribution in [3.8, 4) is 11.5 Å². The summed E-state index contributed by atoms with van der Waals surface area (Å²) in [4.78, 5) is 29.9. The molecule has 0 unspecified atom stereocenters. The van der Waals surface area contributed by atoms with E-state index >= 15 is 0 Å². The van der Waals surface area contributed by atoms with Crippen LogP contribution in [-0.2, 0) is 25.7 Å². The van der Waals surface area contributed by atoms with E-state index in [1.807, 2.05) is 73.8 Å². The number of para-hydroxylation sites is 1. The average molecular weight is 657 g/mol.